The summed E-state index contributed by atoms with van der Waals surface area (Å²) < 4.78 is 2.28. The molecule has 0 radical (unpaired) electrons. The number of hydrogen-bond donors (Lipinski definition) is 1. The van der Waals surface area contributed by atoms with E-state index >= 15 is 0 Å². The van der Waals surface area contributed by atoms with Crippen molar-refractivity contribution in [3.05, 3.63) is 71.8 Å². The SMILES string of the molecule is CCCc1nc2c(C)c(C)ccc2n1-c1ccc(-c2ccncc2-c2nn[nH]n2)cc1. The Morgan fingerprint density at radius 2 is 1.81 bits per heavy atom. The van der Waals surface area contributed by atoms with Crippen LogP contribution in [0.5, 0.6) is 0 Å². The van der Waals surface area contributed by atoms with Crippen LogP contribution in [0.1, 0.15) is 30.3 Å². The van der Waals surface area contributed by atoms with E-state index in [1.54, 1.807) is 12.4 Å². The molecular weight excluding hydrogens is 386 g/mol. The van der Waals surface area contributed by atoms with Crippen molar-refractivity contribution in [2.24, 2.45) is 0 Å². The number of aromatic nitrogens is 7. The maximum Gasteiger partial charge on any atom is 0.206 e. The van der Waals surface area contributed by atoms with Crippen LogP contribution in [0.15, 0.2) is 54.9 Å². The minimum atomic E-state index is 0.531. The zero-order chi connectivity index (χ0) is 21.4. The molecule has 0 bridgehead atoms. The first-order chi connectivity index (χ1) is 15.2. The Labute approximate surface area is 180 Å². The molecule has 7 heteroatoms. The lowest BCUT2D eigenvalue weighted by Crippen LogP contribution is -2.01. The van der Waals surface area contributed by atoms with Gasteiger partial charge in [0, 0.05) is 30.1 Å². The Kier molecular flexibility index (Phi) is 4.78. The highest BCUT2D eigenvalue weighted by Gasteiger charge is 2.16. The van der Waals surface area contributed by atoms with E-state index in [4.69, 9.17) is 4.98 Å². The van der Waals surface area contributed by atoms with Crippen LogP contribution in [0.2, 0.25) is 0 Å². The number of benzene rings is 2. The molecule has 0 aliphatic carbocycles. The topological polar surface area (TPSA) is 85.2 Å². The van der Waals surface area contributed by atoms with Crippen LogP contribution in [0.3, 0.4) is 0 Å². The van der Waals surface area contributed by atoms with Gasteiger partial charge < -0.3 is 0 Å². The summed E-state index contributed by atoms with van der Waals surface area (Å²) in [6.45, 7) is 6.47. The van der Waals surface area contributed by atoms with Gasteiger partial charge in [-0.3, -0.25) is 9.55 Å². The lowest BCUT2D eigenvalue weighted by molar-refractivity contribution is 0.818. The number of rotatable bonds is 5. The van der Waals surface area contributed by atoms with Gasteiger partial charge in [-0.15, -0.1) is 10.2 Å². The molecule has 3 aromatic heterocycles. The summed E-state index contributed by atoms with van der Waals surface area (Å²) in [7, 11) is 0. The average molecular weight is 409 g/mol. The normalized spacial score (nSPS) is 11.3. The highest BCUT2D eigenvalue weighted by atomic mass is 15.5. The fourth-order valence-electron chi connectivity index (χ4n) is 4.00. The Morgan fingerprint density at radius 1 is 0.968 bits per heavy atom. The first-order valence-electron chi connectivity index (χ1n) is 10.4. The van der Waals surface area contributed by atoms with Gasteiger partial charge in [-0.1, -0.05) is 25.1 Å². The highest BCUT2D eigenvalue weighted by molar-refractivity contribution is 5.83. The number of nitrogens with zero attached hydrogens (tertiary/aromatic N) is 6. The maximum absolute atomic E-state index is 5.00. The molecule has 0 aliphatic heterocycles. The minimum Gasteiger partial charge on any atom is -0.296 e. The molecule has 2 aromatic carbocycles. The standard InChI is InChI=1S/C24H23N7/c1-4-5-22-26-23-16(3)15(2)6-11-21(23)31(22)18-9-7-17(8-10-18)19-12-13-25-14-20(19)24-27-29-30-28-24/h6-14H,4-5H2,1-3H3,(H,27,28,29,30). The largest absolute Gasteiger partial charge is 0.296 e. The average Bonchev–Trinajstić information content (AvgIpc) is 3.45. The molecule has 0 unspecified atom stereocenters. The van der Waals surface area contributed by atoms with Crippen molar-refractivity contribution in [3.63, 3.8) is 0 Å². The number of H-pyrrole nitrogens is 1. The lowest BCUT2D eigenvalue weighted by Gasteiger charge is -2.11. The second-order valence-corrected chi connectivity index (χ2v) is 7.69. The van der Waals surface area contributed by atoms with Crippen molar-refractivity contribution in [2.75, 3.05) is 0 Å². The van der Waals surface area contributed by atoms with Gasteiger partial charge in [-0.2, -0.15) is 5.21 Å². The number of pyridine rings is 1. The van der Waals surface area contributed by atoms with Gasteiger partial charge in [0.25, 0.3) is 0 Å². The van der Waals surface area contributed by atoms with Crippen LogP contribution in [0, 0.1) is 13.8 Å². The van der Waals surface area contributed by atoms with Crippen molar-refractivity contribution < 1.29 is 0 Å². The van der Waals surface area contributed by atoms with Crippen molar-refractivity contribution in [3.8, 4) is 28.2 Å². The fraction of sp³-hybridized carbons (Fsp3) is 0.208. The Hall–Kier alpha value is -3.87. The molecular formula is C24H23N7. The van der Waals surface area contributed by atoms with Gasteiger partial charge in [0.1, 0.15) is 5.82 Å². The quantitative estimate of drug-likeness (QED) is 0.449. The van der Waals surface area contributed by atoms with E-state index in [1.807, 2.05) is 6.07 Å². The van der Waals surface area contributed by atoms with E-state index in [0.29, 0.717) is 5.82 Å². The third kappa shape index (κ3) is 3.28. The van der Waals surface area contributed by atoms with Gasteiger partial charge in [0.15, 0.2) is 0 Å². The van der Waals surface area contributed by atoms with E-state index in [-0.39, 0.29) is 0 Å². The van der Waals surface area contributed by atoms with Crippen LogP contribution in [0.25, 0.3) is 39.2 Å². The Bertz CT molecular complexity index is 1350. The zero-order valence-electron chi connectivity index (χ0n) is 17.8. The number of aryl methyl sites for hydroxylation is 3. The molecule has 154 valence electrons. The summed E-state index contributed by atoms with van der Waals surface area (Å²) in [5.74, 6) is 1.62. The monoisotopic (exact) mass is 409 g/mol. The van der Waals surface area contributed by atoms with Gasteiger partial charge in [0.05, 0.1) is 11.0 Å². The summed E-state index contributed by atoms with van der Waals surface area (Å²) >= 11 is 0. The minimum absolute atomic E-state index is 0.531. The second-order valence-electron chi connectivity index (χ2n) is 7.69. The van der Waals surface area contributed by atoms with Crippen molar-refractivity contribution in [1.82, 2.24) is 35.2 Å². The number of imidazole rings is 1. The summed E-state index contributed by atoms with van der Waals surface area (Å²) in [5.41, 5.74) is 8.77. The van der Waals surface area contributed by atoms with Crippen LogP contribution >= 0.6 is 0 Å². The molecule has 31 heavy (non-hydrogen) atoms. The number of nitrogens with one attached hydrogen (secondary N) is 1. The number of aromatic amines is 1. The summed E-state index contributed by atoms with van der Waals surface area (Å²) in [4.78, 5) is 9.23. The summed E-state index contributed by atoms with van der Waals surface area (Å²) in [6.07, 6.45) is 5.52. The third-order valence-corrected chi connectivity index (χ3v) is 5.74. The van der Waals surface area contributed by atoms with E-state index in [0.717, 1.165) is 52.1 Å². The molecule has 0 amide bonds. The molecule has 0 aliphatic rings. The molecule has 7 nitrogen and oxygen atoms in total. The molecule has 3 heterocycles. The van der Waals surface area contributed by atoms with Crippen LogP contribution in [-0.4, -0.2) is 35.2 Å². The molecule has 5 aromatic rings. The molecule has 1 N–H and O–H groups in total. The van der Waals surface area contributed by atoms with Crippen LogP contribution < -0.4 is 0 Å². The van der Waals surface area contributed by atoms with E-state index in [1.165, 1.54) is 11.1 Å². The van der Waals surface area contributed by atoms with Gasteiger partial charge in [0.2, 0.25) is 5.82 Å². The van der Waals surface area contributed by atoms with Gasteiger partial charge in [-0.05, 0) is 72.0 Å². The predicted molar refractivity (Wildman–Crippen MR) is 121 cm³/mol. The summed E-state index contributed by atoms with van der Waals surface area (Å²) in [5, 5.41) is 14.4. The van der Waals surface area contributed by atoms with Gasteiger partial charge >= 0.3 is 0 Å². The predicted octanol–water partition coefficient (Wildman–Crippen LogP) is 4.84. The molecule has 0 atom stereocenters. The molecule has 5 rings (SSSR count). The summed E-state index contributed by atoms with van der Waals surface area (Å²) in [6, 6.07) is 14.9. The Balaban J connectivity index is 1.62. The number of hydrogen-bond acceptors (Lipinski definition) is 5. The third-order valence-electron chi connectivity index (χ3n) is 5.74. The lowest BCUT2D eigenvalue weighted by atomic mass is 10.0. The number of tetrazole rings is 1. The first-order valence-corrected chi connectivity index (χ1v) is 10.4. The van der Waals surface area contributed by atoms with Crippen molar-refractivity contribution in [2.45, 2.75) is 33.6 Å². The first kappa shape index (κ1) is 19.1. The zero-order valence-corrected chi connectivity index (χ0v) is 17.8. The van der Waals surface area contributed by atoms with E-state index in [2.05, 4.69) is 87.3 Å². The molecule has 0 fully saturated rings. The van der Waals surface area contributed by atoms with Crippen LogP contribution in [-0.2, 0) is 6.42 Å². The molecule has 0 saturated carbocycles. The second kappa shape index (κ2) is 7.75. The van der Waals surface area contributed by atoms with E-state index in [9.17, 15) is 0 Å². The fourth-order valence-corrected chi connectivity index (χ4v) is 4.00. The number of fused-ring (bicyclic) bond motifs is 1. The smallest absolute Gasteiger partial charge is 0.206 e. The van der Waals surface area contributed by atoms with Crippen molar-refractivity contribution >= 4 is 11.0 Å². The van der Waals surface area contributed by atoms with Crippen LogP contribution in [0.4, 0.5) is 0 Å². The van der Waals surface area contributed by atoms with E-state index < -0.39 is 0 Å². The molecule has 0 spiro atoms. The van der Waals surface area contributed by atoms with Gasteiger partial charge in [-0.25, -0.2) is 4.98 Å². The van der Waals surface area contributed by atoms with Crippen molar-refractivity contribution in [1.29, 1.82) is 0 Å². The maximum atomic E-state index is 5.00. The molecule has 0 saturated heterocycles. The highest BCUT2D eigenvalue weighted by Crippen LogP contribution is 2.31. The Morgan fingerprint density at radius 3 is 2.55 bits per heavy atom.